The highest BCUT2D eigenvalue weighted by molar-refractivity contribution is 7.80. The van der Waals surface area contributed by atoms with Crippen LogP contribution >= 0.6 is 12.6 Å². The summed E-state index contributed by atoms with van der Waals surface area (Å²) in [6.07, 6.45) is 2.14. The van der Waals surface area contributed by atoms with E-state index in [2.05, 4.69) is 19.6 Å². The smallest absolute Gasteiger partial charge is 0.165 e. The van der Waals surface area contributed by atoms with E-state index >= 15 is 0 Å². The van der Waals surface area contributed by atoms with Crippen LogP contribution in [0.1, 0.15) is 19.8 Å². The summed E-state index contributed by atoms with van der Waals surface area (Å²) in [5, 5.41) is 0.408. The third-order valence-corrected chi connectivity index (χ3v) is 3.37. The van der Waals surface area contributed by atoms with Crippen molar-refractivity contribution in [2.45, 2.75) is 31.1 Å². The van der Waals surface area contributed by atoms with Crippen LogP contribution < -0.4 is 4.74 Å². The van der Waals surface area contributed by atoms with Crippen LogP contribution in [0.2, 0.25) is 0 Å². The maximum Gasteiger partial charge on any atom is 0.165 e. The number of ether oxygens (including phenoxy) is 1. The predicted molar refractivity (Wildman–Crippen MR) is 62.0 cm³/mol. The molecule has 0 saturated heterocycles. The van der Waals surface area contributed by atoms with E-state index in [0.717, 1.165) is 12.8 Å². The highest BCUT2D eigenvalue weighted by Crippen LogP contribution is 2.35. The van der Waals surface area contributed by atoms with Gasteiger partial charge in [-0.15, -0.1) is 0 Å². The van der Waals surface area contributed by atoms with Crippen LogP contribution in [0.5, 0.6) is 5.75 Å². The van der Waals surface area contributed by atoms with Crippen LogP contribution in [0.3, 0.4) is 0 Å². The van der Waals surface area contributed by atoms with Gasteiger partial charge in [-0.1, -0.05) is 19.1 Å². The molecule has 0 heterocycles. The Kier molecular flexibility index (Phi) is 3.19. The minimum absolute atomic E-state index is 0.168. The third-order valence-electron chi connectivity index (χ3n) is 2.94. The molecule has 0 amide bonds. The normalized spacial score (nSPS) is 26.9. The number of rotatable bonds is 3. The fourth-order valence-electron chi connectivity index (χ4n) is 1.82. The van der Waals surface area contributed by atoms with Crippen molar-refractivity contribution in [1.29, 1.82) is 0 Å². The minimum atomic E-state index is -0.278. The van der Waals surface area contributed by atoms with Crippen LogP contribution in [-0.2, 0) is 0 Å². The highest BCUT2D eigenvalue weighted by atomic mass is 32.1. The van der Waals surface area contributed by atoms with E-state index in [1.54, 1.807) is 18.2 Å². The van der Waals surface area contributed by atoms with Crippen molar-refractivity contribution in [2.75, 3.05) is 0 Å². The van der Waals surface area contributed by atoms with Crippen molar-refractivity contribution in [3.8, 4) is 5.75 Å². The maximum atomic E-state index is 13.2. The van der Waals surface area contributed by atoms with E-state index in [1.165, 1.54) is 6.07 Å². The molecule has 0 N–H and O–H groups in total. The number of benzene rings is 1. The first-order chi connectivity index (χ1) is 7.16. The van der Waals surface area contributed by atoms with Gasteiger partial charge in [-0.3, -0.25) is 0 Å². The summed E-state index contributed by atoms with van der Waals surface area (Å²) >= 11 is 4.38. The van der Waals surface area contributed by atoms with Gasteiger partial charge in [0, 0.05) is 5.25 Å². The number of halogens is 1. The zero-order chi connectivity index (χ0) is 10.8. The van der Waals surface area contributed by atoms with Gasteiger partial charge in [0.2, 0.25) is 0 Å². The van der Waals surface area contributed by atoms with Gasteiger partial charge < -0.3 is 4.74 Å². The van der Waals surface area contributed by atoms with Gasteiger partial charge in [-0.2, -0.15) is 12.6 Å². The van der Waals surface area contributed by atoms with Gasteiger partial charge in [0.05, 0.1) is 6.10 Å². The Labute approximate surface area is 95.0 Å². The molecule has 15 heavy (non-hydrogen) atoms. The van der Waals surface area contributed by atoms with Crippen LogP contribution in [0.4, 0.5) is 4.39 Å². The van der Waals surface area contributed by atoms with E-state index in [-0.39, 0.29) is 11.9 Å². The molecule has 1 atom stereocenters. The van der Waals surface area contributed by atoms with E-state index in [0.29, 0.717) is 16.9 Å². The van der Waals surface area contributed by atoms with Crippen molar-refractivity contribution in [1.82, 2.24) is 0 Å². The maximum absolute atomic E-state index is 13.2. The second kappa shape index (κ2) is 4.44. The first kappa shape index (κ1) is 10.8. The molecule has 2 rings (SSSR count). The Morgan fingerprint density at radius 3 is 2.67 bits per heavy atom. The van der Waals surface area contributed by atoms with Gasteiger partial charge in [0.25, 0.3) is 0 Å². The largest absolute Gasteiger partial charge is 0.487 e. The highest BCUT2D eigenvalue weighted by Gasteiger charge is 2.33. The third kappa shape index (κ3) is 2.46. The van der Waals surface area contributed by atoms with Crippen LogP contribution in [-0.4, -0.2) is 11.4 Å². The number of hydrogen-bond acceptors (Lipinski definition) is 2. The molecule has 1 unspecified atom stereocenters. The second-order valence-electron chi connectivity index (χ2n) is 4.14. The molecule has 1 fully saturated rings. The number of thiol groups is 1. The molecule has 1 aromatic carbocycles. The first-order valence-corrected chi connectivity index (χ1v) is 5.77. The standard InChI is InChI=1S/C12H15FOS/c1-8(15)9-6-10(7-9)14-12-5-3-2-4-11(12)13/h2-5,8-10,15H,6-7H2,1H3. The van der Waals surface area contributed by atoms with Crippen LogP contribution in [0, 0.1) is 11.7 Å². The topological polar surface area (TPSA) is 9.23 Å². The molecule has 0 aliphatic heterocycles. The van der Waals surface area contributed by atoms with E-state index in [9.17, 15) is 4.39 Å². The molecular formula is C12H15FOS. The monoisotopic (exact) mass is 226 g/mol. The molecule has 82 valence electrons. The number of hydrogen-bond donors (Lipinski definition) is 1. The molecular weight excluding hydrogens is 211 g/mol. The summed E-state index contributed by atoms with van der Waals surface area (Å²) in [5.41, 5.74) is 0. The first-order valence-electron chi connectivity index (χ1n) is 5.26. The van der Waals surface area contributed by atoms with Gasteiger partial charge in [0.15, 0.2) is 11.6 Å². The summed E-state index contributed by atoms with van der Waals surface area (Å²) in [5.74, 6) is 0.706. The van der Waals surface area contributed by atoms with Gasteiger partial charge in [0.1, 0.15) is 0 Å². The van der Waals surface area contributed by atoms with Gasteiger partial charge in [-0.05, 0) is 30.9 Å². The Morgan fingerprint density at radius 1 is 1.40 bits per heavy atom. The Morgan fingerprint density at radius 2 is 2.07 bits per heavy atom. The van der Waals surface area contributed by atoms with E-state index < -0.39 is 0 Å². The fraction of sp³-hybridized carbons (Fsp3) is 0.500. The number of para-hydroxylation sites is 1. The van der Waals surface area contributed by atoms with Crippen LogP contribution in [0.15, 0.2) is 24.3 Å². The molecule has 1 aromatic rings. The lowest BCUT2D eigenvalue weighted by Crippen LogP contribution is -2.37. The zero-order valence-electron chi connectivity index (χ0n) is 8.69. The lowest BCUT2D eigenvalue weighted by atomic mass is 9.80. The molecule has 1 nitrogen and oxygen atoms in total. The summed E-state index contributed by atoms with van der Waals surface area (Å²) < 4.78 is 18.8. The van der Waals surface area contributed by atoms with Crippen molar-refractivity contribution in [3.63, 3.8) is 0 Å². The summed E-state index contributed by atoms with van der Waals surface area (Å²) in [7, 11) is 0. The van der Waals surface area contributed by atoms with E-state index in [1.807, 2.05) is 0 Å². The minimum Gasteiger partial charge on any atom is -0.487 e. The van der Waals surface area contributed by atoms with Crippen molar-refractivity contribution in [2.24, 2.45) is 5.92 Å². The average molecular weight is 226 g/mol. The molecule has 0 spiro atoms. The Hall–Kier alpha value is -0.700. The van der Waals surface area contributed by atoms with Crippen molar-refractivity contribution in [3.05, 3.63) is 30.1 Å². The van der Waals surface area contributed by atoms with Crippen LogP contribution in [0.25, 0.3) is 0 Å². The molecule has 1 aliphatic carbocycles. The predicted octanol–water partition coefficient (Wildman–Crippen LogP) is 3.30. The van der Waals surface area contributed by atoms with E-state index in [4.69, 9.17) is 4.74 Å². The lowest BCUT2D eigenvalue weighted by Gasteiger charge is -2.37. The van der Waals surface area contributed by atoms with Gasteiger partial charge in [-0.25, -0.2) is 4.39 Å². The van der Waals surface area contributed by atoms with Crippen molar-refractivity contribution < 1.29 is 9.13 Å². The Balaban J connectivity index is 1.88. The summed E-state index contributed by atoms with van der Waals surface area (Å²) in [4.78, 5) is 0. The average Bonchev–Trinajstić information content (AvgIpc) is 2.12. The lowest BCUT2D eigenvalue weighted by molar-refractivity contribution is 0.0625. The summed E-state index contributed by atoms with van der Waals surface area (Å²) in [6, 6.07) is 6.55. The molecule has 3 heteroatoms. The molecule has 1 aliphatic rings. The zero-order valence-corrected chi connectivity index (χ0v) is 9.58. The second-order valence-corrected chi connectivity index (χ2v) is 4.96. The molecule has 0 bridgehead atoms. The Bertz CT molecular complexity index is 334. The SMILES string of the molecule is CC(S)C1CC(Oc2ccccc2F)C1. The quantitative estimate of drug-likeness (QED) is 0.778. The molecule has 1 saturated carbocycles. The summed E-state index contributed by atoms with van der Waals surface area (Å²) in [6.45, 7) is 2.09. The fourth-order valence-corrected chi connectivity index (χ4v) is 2.06. The molecule has 0 aromatic heterocycles. The van der Waals surface area contributed by atoms with Crippen molar-refractivity contribution >= 4 is 12.6 Å². The molecule has 0 radical (unpaired) electrons. The van der Waals surface area contributed by atoms with Gasteiger partial charge >= 0.3 is 0 Å².